The molecule has 36 heavy (non-hydrogen) atoms. The molecule has 4 radical (unpaired) electrons. The zero-order chi connectivity index (χ0) is 25.4. The Balaban J connectivity index is 0.000000188. The number of fused-ring (bicyclic) bond motifs is 2. The third-order valence-corrected chi connectivity index (χ3v) is 5.20. The van der Waals surface area contributed by atoms with Gasteiger partial charge in [0.05, 0.1) is 0 Å². The fourth-order valence-electron chi connectivity index (χ4n) is 3.41. The van der Waals surface area contributed by atoms with E-state index in [0.29, 0.717) is 11.0 Å². The summed E-state index contributed by atoms with van der Waals surface area (Å²) in [6.07, 6.45) is 1.94. The Bertz CT molecular complexity index is 1420. The first-order valence-corrected chi connectivity index (χ1v) is 11.1. The Morgan fingerprint density at radius 2 is 1.42 bits per heavy atom. The van der Waals surface area contributed by atoms with Crippen molar-refractivity contribution in [2.24, 2.45) is 0 Å². The molecular formula is C28H24B3N4Y-2. The van der Waals surface area contributed by atoms with Crippen molar-refractivity contribution in [3.05, 3.63) is 107 Å². The Hall–Kier alpha value is -2.75. The zero-order valence-electron chi connectivity index (χ0n) is 20.7. The molecule has 0 atom stereocenters. The maximum absolute atomic E-state index is 9.32. The summed E-state index contributed by atoms with van der Waals surface area (Å²) in [7, 11) is 16.8. The van der Waals surface area contributed by atoms with E-state index in [1.165, 1.54) is 5.39 Å². The standard InChI is InChI=1S/C10H9BN.C9H8BN2.C9H7BN.Y/c1-7(11)9-6-12-10-5-3-2-4-8(9)10;1-6(10)9-7-4-2-3-5-8(7)11-12-9;1-7(10)9(11)8-5-3-2-4-6-8;/h2-6,12H,1H3;2-5H,1H3,(H,11,12);2-5H,1H3;/q;;-2;. The summed E-state index contributed by atoms with van der Waals surface area (Å²) in [5, 5.41) is 18.6. The Labute approximate surface area is 240 Å². The van der Waals surface area contributed by atoms with Gasteiger partial charge in [0.2, 0.25) is 0 Å². The molecule has 0 aliphatic heterocycles. The van der Waals surface area contributed by atoms with Crippen molar-refractivity contribution in [2.45, 2.75) is 20.8 Å². The summed E-state index contributed by atoms with van der Waals surface area (Å²) < 4.78 is 0. The van der Waals surface area contributed by atoms with E-state index < -0.39 is 0 Å². The van der Waals surface area contributed by atoms with Gasteiger partial charge in [-0.2, -0.15) is 0 Å². The number of benzene rings is 3. The predicted molar refractivity (Wildman–Crippen MR) is 155 cm³/mol. The molecule has 5 aromatic rings. The molecule has 0 aliphatic carbocycles. The van der Waals surface area contributed by atoms with Gasteiger partial charge in [0.25, 0.3) is 0 Å². The molecule has 0 unspecified atom stereocenters. The normalized spacial score (nSPS) is 9.67. The molecular weight excluding hydrogens is 514 g/mol. The number of hydrogen-bond acceptors (Lipinski definition) is 1. The van der Waals surface area contributed by atoms with Crippen LogP contribution in [-0.4, -0.2) is 59.7 Å². The van der Waals surface area contributed by atoms with Crippen LogP contribution in [0.3, 0.4) is 0 Å². The number of rotatable bonds is 4. The topological polar surface area (TPSA) is 66.8 Å². The summed E-state index contributed by atoms with van der Waals surface area (Å²) in [4.78, 5) is 3.17. The van der Waals surface area contributed by atoms with Crippen LogP contribution < -0.4 is 0 Å². The molecule has 0 spiro atoms. The summed E-state index contributed by atoms with van der Waals surface area (Å²) in [6.45, 7) is 5.41. The molecule has 170 valence electrons. The molecule has 5 rings (SSSR count). The van der Waals surface area contributed by atoms with E-state index >= 15 is 0 Å². The predicted octanol–water partition coefficient (Wildman–Crippen LogP) is 4.35. The molecule has 0 aliphatic rings. The molecule has 3 aromatic carbocycles. The van der Waals surface area contributed by atoms with Gasteiger partial charge in [0.1, 0.15) is 0 Å². The number of aromatic nitrogens is 3. The van der Waals surface area contributed by atoms with Crippen molar-refractivity contribution in [3.63, 3.8) is 0 Å². The monoisotopic (exact) mass is 538 g/mol. The average Bonchev–Trinajstić information content (AvgIpc) is 3.49. The Morgan fingerprint density at radius 3 is 2.00 bits per heavy atom. The minimum atomic E-state index is 0. The minimum Gasteiger partial charge on any atom is 0 e. The largest absolute Gasteiger partial charge is 0 e. The maximum atomic E-state index is 9.32. The summed E-state index contributed by atoms with van der Waals surface area (Å²) >= 11 is 0. The maximum Gasteiger partial charge on any atom is 0 e. The number of nitrogens with zero attached hydrogens (tertiary/aromatic N) is 2. The van der Waals surface area contributed by atoms with Crippen LogP contribution in [0.4, 0.5) is 0 Å². The van der Waals surface area contributed by atoms with Crippen LogP contribution in [0.15, 0.2) is 79.0 Å². The molecule has 0 saturated carbocycles. The number of para-hydroxylation sites is 2. The fraction of sp³-hybridized carbons (Fsp3) is 0.107. The van der Waals surface area contributed by atoms with E-state index in [-0.39, 0.29) is 38.4 Å². The molecule has 0 fully saturated rings. The Kier molecular flexibility index (Phi) is 11.6. The van der Waals surface area contributed by atoms with E-state index in [1.807, 2.05) is 74.6 Å². The van der Waals surface area contributed by atoms with E-state index in [0.717, 1.165) is 38.6 Å². The summed E-state index contributed by atoms with van der Waals surface area (Å²) in [6, 6.07) is 26.1. The van der Waals surface area contributed by atoms with Crippen LogP contribution in [0.5, 0.6) is 0 Å². The molecule has 2 heterocycles. The number of H-pyrrole nitrogens is 2. The van der Waals surface area contributed by atoms with Crippen molar-refractivity contribution in [2.75, 3.05) is 0 Å². The molecule has 2 aromatic heterocycles. The van der Waals surface area contributed by atoms with Crippen molar-refractivity contribution < 1.29 is 32.7 Å². The number of nitrogens with one attached hydrogen (secondary N) is 2. The third kappa shape index (κ3) is 7.62. The van der Waals surface area contributed by atoms with Crippen molar-refractivity contribution in [3.8, 4) is 0 Å². The molecule has 8 heteroatoms. The van der Waals surface area contributed by atoms with Gasteiger partial charge in [-0.3, -0.25) is 0 Å². The fourth-order valence-corrected chi connectivity index (χ4v) is 3.41. The van der Waals surface area contributed by atoms with Crippen LogP contribution in [0.1, 0.15) is 37.6 Å². The van der Waals surface area contributed by atoms with E-state index in [9.17, 15) is 5.41 Å². The summed E-state index contributed by atoms with van der Waals surface area (Å²) in [5.41, 5.74) is 6.86. The second-order valence-electron chi connectivity index (χ2n) is 8.04. The smallest absolute Gasteiger partial charge is 0 e. The second-order valence-corrected chi connectivity index (χ2v) is 8.04. The van der Waals surface area contributed by atoms with Gasteiger partial charge in [-0.05, 0) is 0 Å². The van der Waals surface area contributed by atoms with Crippen LogP contribution in [-0.2, 0) is 32.7 Å². The van der Waals surface area contributed by atoms with Crippen molar-refractivity contribution in [1.82, 2.24) is 15.2 Å². The summed E-state index contributed by atoms with van der Waals surface area (Å²) in [5.74, 6) is 0. The van der Waals surface area contributed by atoms with Crippen molar-refractivity contribution >= 4 is 66.4 Å². The average molecular weight is 538 g/mol. The van der Waals surface area contributed by atoms with Crippen molar-refractivity contribution in [1.29, 1.82) is 0 Å². The quantitative estimate of drug-likeness (QED) is 0.200. The minimum absolute atomic E-state index is 0. The molecule has 2 N–H and O–H groups in total. The van der Waals surface area contributed by atoms with Crippen LogP contribution >= 0.6 is 0 Å². The molecule has 4 nitrogen and oxygen atoms in total. The number of aromatic amines is 2. The van der Waals surface area contributed by atoms with Gasteiger partial charge >= 0.3 is 210 Å². The van der Waals surface area contributed by atoms with Gasteiger partial charge in [0.15, 0.2) is 0 Å². The second kappa shape index (κ2) is 14.1. The van der Waals surface area contributed by atoms with Gasteiger partial charge < -0.3 is 0 Å². The number of hydrogen-bond donors (Lipinski definition) is 2. The van der Waals surface area contributed by atoms with E-state index in [1.54, 1.807) is 19.1 Å². The molecule has 0 amide bonds. The van der Waals surface area contributed by atoms with E-state index in [2.05, 4.69) is 27.3 Å². The SMILES string of the molecule is [B]=C(C)C(=[N-])c1[c-]cccc1.[B]=C(C)c1c[nH]c2ccccc12.[B]=C(C)c1n[nH]c2ccccc12.[Y]. The van der Waals surface area contributed by atoms with Crippen LogP contribution in [0, 0.1) is 6.07 Å². The first-order chi connectivity index (χ1) is 16.8. The zero-order valence-corrected chi connectivity index (χ0v) is 23.5. The van der Waals surface area contributed by atoms with Gasteiger partial charge in [-0.25, -0.2) is 0 Å². The first kappa shape index (κ1) is 29.5. The van der Waals surface area contributed by atoms with Gasteiger partial charge in [-0.15, -0.1) is 0 Å². The Morgan fingerprint density at radius 1 is 0.806 bits per heavy atom. The van der Waals surface area contributed by atoms with Gasteiger partial charge in [-0.1, -0.05) is 0 Å². The first-order valence-electron chi connectivity index (χ1n) is 11.1. The van der Waals surface area contributed by atoms with Crippen LogP contribution in [0.2, 0.25) is 0 Å². The molecule has 0 bridgehead atoms. The van der Waals surface area contributed by atoms with Gasteiger partial charge in [0, 0.05) is 32.7 Å². The van der Waals surface area contributed by atoms with Crippen LogP contribution in [0.25, 0.3) is 27.2 Å². The van der Waals surface area contributed by atoms with E-state index in [4.69, 9.17) is 22.5 Å². The third-order valence-electron chi connectivity index (χ3n) is 5.20. The molecule has 0 saturated heterocycles.